The fraction of sp³-hybridized carbons (Fsp3) is 0.333. The molecule has 9 nitrogen and oxygen atoms in total. The highest BCUT2D eigenvalue weighted by atomic mass is 32.1. The summed E-state index contributed by atoms with van der Waals surface area (Å²) in [6, 6.07) is 10.2. The van der Waals surface area contributed by atoms with E-state index in [-0.39, 0.29) is 12.2 Å². The van der Waals surface area contributed by atoms with E-state index in [9.17, 15) is 0 Å². The van der Waals surface area contributed by atoms with Crippen LogP contribution in [-0.4, -0.2) is 56.6 Å². The molecular weight excluding hydrogens is 486 g/mol. The van der Waals surface area contributed by atoms with Gasteiger partial charge in [-0.25, -0.2) is 15.0 Å². The number of nitrogens with one attached hydrogen (secondary N) is 2. The van der Waals surface area contributed by atoms with Crippen LogP contribution in [0.5, 0.6) is 5.75 Å². The van der Waals surface area contributed by atoms with Gasteiger partial charge in [-0.1, -0.05) is 13.8 Å². The van der Waals surface area contributed by atoms with Gasteiger partial charge in [0, 0.05) is 37.6 Å². The summed E-state index contributed by atoms with van der Waals surface area (Å²) in [6.07, 6.45) is 5.18. The smallest absolute Gasteiger partial charge is 0.145 e. The predicted octanol–water partition coefficient (Wildman–Crippen LogP) is 5.17. The molecule has 2 unspecified atom stereocenters. The fourth-order valence-electron chi connectivity index (χ4n) is 4.31. The Hall–Kier alpha value is -3.60. The van der Waals surface area contributed by atoms with Gasteiger partial charge in [0.2, 0.25) is 0 Å². The number of benzene rings is 2. The first-order valence-electron chi connectivity index (χ1n) is 12.5. The summed E-state index contributed by atoms with van der Waals surface area (Å²) in [7, 11) is 1.90. The maximum atomic E-state index is 6.55. The Morgan fingerprint density at radius 3 is 2.81 bits per heavy atom. The maximum absolute atomic E-state index is 6.55. The molecular formula is C27H31N7O2S. The molecule has 0 amide bonds. The largest absolute Gasteiger partial charge is 0.487 e. The van der Waals surface area contributed by atoms with Crippen molar-refractivity contribution >= 4 is 44.0 Å². The van der Waals surface area contributed by atoms with Crippen LogP contribution in [0.1, 0.15) is 20.8 Å². The van der Waals surface area contributed by atoms with Gasteiger partial charge in [0.15, 0.2) is 0 Å². The minimum Gasteiger partial charge on any atom is -0.487 e. The molecule has 0 spiro atoms. The van der Waals surface area contributed by atoms with E-state index >= 15 is 0 Å². The molecule has 0 bridgehead atoms. The van der Waals surface area contributed by atoms with E-state index in [2.05, 4.69) is 36.8 Å². The third-order valence-electron chi connectivity index (χ3n) is 6.13. The molecule has 37 heavy (non-hydrogen) atoms. The van der Waals surface area contributed by atoms with Crippen molar-refractivity contribution in [2.24, 2.45) is 7.05 Å². The number of aromatic nitrogens is 5. The van der Waals surface area contributed by atoms with Crippen molar-refractivity contribution in [2.75, 3.05) is 25.0 Å². The second-order valence-electron chi connectivity index (χ2n) is 8.59. The normalized spacial score (nSPS) is 16.3. The molecule has 2 aromatic carbocycles. The number of ether oxygens (including phenoxy) is 2. The Morgan fingerprint density at radius 1 is 1.14 bits per heavy atom. The highest BCUT2D eigenvalue weighted by molar-refractivity contribution is 7.16. The topological polar surface area (TPSA) is 99.0 Å². The van der Waals surface area contributed by atoms with E-state index in [1.165, 1.54) is 0 Å². The van der Waals surface area contributed by atoms with Crippen LogP contribution in [0.4, 0.5) is 11.5 Å². The third kappa shape index (κ3) is 5.41. The molecule has 0 saturated carbocycles. The van der Waals surface area contributed by atoms with Gasteiger partial charge in [0.25, 0.3) is 0 Å². The molecule has 2 atom stereocenters. The lowest BCUT2D eigenvalue weighted by Crippen LogP contribution is -2.46. The molecule has 6 rings (SSSR count). The number of hydrogen-bond acceptors (Lipinski definition) is 9. The summed E-state index contributed by atoms with van der Waals surface area (Å²) < 4.78 is 15.4. The number of anilines is 2. The van der Waals surface area contributed by atoms with E-state index in [1.807, 2.05) is 70.0 Å². The Kier molecular flexibility index (Phi) is 7.59. The summed E-state index contributed by atoms with van der Waals surface area (Å²) in [5.74, 6) is 1.38. The zero-order valence-electron chi connectivity index (χ0n) is 21.4. The van der Waals surface area contributed by atoms with E-state index in [0.29, 0.717) is 18.2 Å². The molecule has 4 heterocycles. The summed E-state index contributed by atoms with van der Waals surface area (Å²) in [6.45, 7) is 8.31. The Morgan fingerprint density at radius 2 is 2.03 bits per heavy atom. The molecule has 1 saturated heterocycles. The molecule has 0 aliphatic carbocycles. The standard InChI is InChI=1S/C25H25N7O2S.C2H6/c1-15(22-11-26-5-6-33-22)34-21-8-16(17-10-30-32(2)12-17)7-20-24(21)25(28-13-27-20)31-18-3-4-19-23(9-18)35-14-29-19;1-2/h3-4,7-10,12-15,22,26H,5-6,11H2,1-2H3,(H,27,28,31);1-2H3. The van der Waals surface area contributed by atoms with Crippen molar-refractivity contribution in [2.45, 2.75) is 33.0 Å². The number of rotatable bonds is 6. The Bertz CT molecular complexity index is 1490. The molecule has 1 fully saturated rings. The second kappa shape index (κ2) is 11.2. The van der Waals surface area contributed by atoms with Gasteiger partial charge in [-0.15, -0.1) is 11.3 Å². The van der Waals surface area contributed by atoms with Crippen molar-refractivity contribution in [3.05, 3.63) is 54.6 Å². The number of nitrogens with zero attached hydrogens (tertiary/aromatic N) is 5. The average molecular weight is 518 g/mol. The van der Waals surface area contributed by atoms with Crippen LogP contribution in [0, 0.1) is 0 Å². The van der Waals surface area contributed by atoms with Crippen molar-refractivity contribution < 1.29 is 9.47 Å². The van der Waals surface area contributed by atoms with Crippen LogP contribution in [0.2, 0.25) is 0 Å². The van der Waals surface area contributed by atoms with E-state index in [4.69, 9.17) is 9.47 Å². The zero-order valence-corrected chi connectivity index (χ0v) is 22.2. The number of fused-ring (bicyclic) bond motifs is 2. The molecule has 192 valence electrons. The van der Waals surface area contributed by atoms with Crippen LogP contribution < -0.4 is 15.4 Å². The van der Waals surface area contributed by atoms with Gasteiger partial charge < -0.3 is 20.1 Å². The van der Waals surface area contributed by atoms with Gasteiger partial charge in [-0.05, 0) is 42.8 Å². The number of morpholine rings is 1. The molecule has 3 aromatic heterocycles. The summed E-state index contributed by atoms with van der Waals surface area (Å²) in [5, 5.41) is 12.0. The van der Waals surface area contributed by atoms with Crippen LogP contribution in [-0.2, 0) is 11.8 Å². The first kappa shape index (κ1) is 25.1. The van der Waals surface area contributed by atoms with Gasteiger partial charge in [0.1, 0.15) is 30.1 Å². The molecule has 1 aliphatic rings. The molecule has 5 aromatic rings. The summed E-state index contributed by atoms with van der Waals surface area (Å²) in [4.78, 5) is 13.5. The SMILES string of the molecule is CC.CC(Oc1cc(-c2cnn(C)c2)cc2ncnc(Nc3ccc4ncsc4c3)c12)C1CNCCO1. The minimum absolute atomic E-state index is 0.0457. The van der Waals surface area contributed by atoms with Gasteiger partial charge >= 0.3 is 0 Å². The van der Waals surface area contributed by atoms with Crippen molar-refractivity contribution in [3.8, 4) is 16.9 Å². The monoisotopic (exact) mass is 517 g/mol. The Balaban J connectivity index is 0.00000137. The third-order valence-corrected chi connectivity index (χ3v) is 6.92. The summed E-state index contributed by atoms with van der Waals surface area (Å²) in [5.41, 5.74) is 6.51. The number of aryl methyl sites for hydroxylation is 1. The first-order chi connectivity index (χ1) is 18.1. The zero-order chi connectivity index (χ0) is 25.8. The van der Waals surface area contributed by atoms with Crippen LogP contribution in [0.15, 0.2) is 54.6 Å². The van der Waals surface area contributed by atoms with Crippen molar-refractivity contribution in [1.82, 2.24) is 30.0 Å². The lowest BCUT2D eigenvalue weighted by Gasteiger charge is -2.29. The van der Waals surface area contributed by atoms with Crippen molar-refractivity contribution in [3.63, 3.8) is 0 Å². The van der Waals surface area contributed by atoms with Gasteiger partial charge in [-0.2, -0.15) is 5.10 Å². The molecule has 2 N–H and O–H groups in total. The lowest BCUT2D eigenvalue weighted by atomic mass is 10.1. The minimum atomic E-state index is -0.170. The van der Waals surface area contributed by atoms with E-state index < -0.39 is 0 Å². The van der Waals surface area contributed by atoms with Crippen LogP contribution >= 0.6 is 11.3 Å². The molecule has 10 heteroatoms. The average Bonchev–Trinajstić information content (AvgIpc) is 3.59. The molecule has 0 radical (unpaired) electrons. The van der Waals surface area contributed by atoms with Crippen LogP contribution in [0.3, 0.4) is 0 Å². The summed E-state index contributed by atoms with van der Waals surface area (Å²) >= 11 is 1.61. The molecule has 1 aliphatic heterocycles. The lowest BCUT2D eigenvalue weighted by molar-refractivity contribution is -0.0345. The quantitative estimate of drug-likeness (QED) is 0.318. The van der Waals surface area contributed by atoms with E-state index in [0.717, 1.165) is 51.0 Å². The van der Waals surface area contributed by atoms with Crippen molar-refractivity contribution in [1.29, 1.82) is 0 Å². The highest BCUT2D eigenvalue weighted by Crippen LogP contribution is 2.37. The second-order valence-corrected chi connectivity index (χ2v) is 9.48. The predicted molar refractivity (Wildman–Crippen MR) is 149 cm³/mol. The maximum Gasteiger partial charge on any atom is 0.145 e. The fourth-order valence-corrected chi connectivity index (χ4v) is 5.03. The number of thiazole rings is 1. The van der Waals surface area contributed by atoms with Crippen LogP contribution in [0.25, 0.3) is 32.2 Å². The van der Waals surface area contributed by atoms with E-state index in [1.54, 1.807) is 22.3 Å². The first-order valence-corrected chi connectivity index (χ1v) is 13.4. The van der Waals surface area contributed by atoms with Gasteiger partial charge in [-0.3, -0.25) is 4.68 Å². The van der Waals surface area contributed by atoms with Gasteiger partial charge in [0.05, 0.1) is 39.4 Å². The number of hydrogen-bond donors (Lipinski definition) is 2. The highest BCUT2D eigenvalue weighted by Gasteiger charge is 2.24. The Labute approximate surface area is 219 Å².